The van der Waals surface area contributed by atoms with E-state index in [1.165, 1.54) is 13.8 Å². The number of non-ortho nitro benzene ring substituents is 1. The molecule has 0 aliphatic rings. The van der Waals surface area contributed by atoms with Crippen LogP contribution < -0.4 is 5.32 Å². The summed E-state index contributed by atoms with van der Waals surface area (Å²) in [6, 6.07) is 1.12. The number of nitro groups is 2. The van der Waals surface area contributed by atoms with E-state index >= 15 is 0 Å². The van der Waals surface area contributed by atoms with Gasteiger partial charge in [0.25, 0.3) is 11.4 Å². The fraction of sp³-hybridized carbons (Fsp3) is 0.385. The lowest BCUT2D eigenvalue weighted by Gasteiger charge is -2.16. The van der Waals surface area contributed by atoms with Crippen LogP contribution in [0.25, 0.3) is 0 Å². The summed E-state index contributed by atoms with van der Waals surface area (Å²) in [5.74, 6) is -1.97. The van der Waals surface area contributed by atoms with Crippen molar-refractivity contribution in [3.05, 3.63) is 38.4 Å². The van der Waals surface area contributed by atoms with E-state index in [1.807, 2.05) is 0 Å². The molecule has 0 atom stereocenters. The molecule has 0 heterocycles. The van der Waals surface area contributed by atoms with Gasteiger partial charge in [-0.15, -0.1) is 0 Å². The fourth-order valence-corrected chi connectivity index (χ4v) is 1.73. The molecule has 130 valence electrons. The highest BCUT2D eigenvalue weighted by atomic mass is 16.6. The smallest absolute Gasteiger partial charge is 0.340 e. The molecule has 1 aromatic rings. The van der Waals surface area contributed by atoms with Gasteiger partial charge in [0, 0.05) is 6.07 Å². The first kappa shape index (κ1) is 18.8. The minimum absolute atomic E-state index is 0.0151. The summed E-state index contributed by atoms with van der Waals surface area (Å²) in [4.78, 5) is 43.8. The maximum atomic E-state index is 11.9. The first-order valence-electron chi connectivity index (χ1n) is 6.84. The lowest BCUT2D eigenvalue weighted by atomic mass is 10.2. The predicted molar refractivity (Wildman–Crippen MR) is 80.4 cm³/mol. The quantitative estimate of drug-likeness (QED) is 0.320. The second-order valence-electron chi connectivity index (χ2n) is 4.30. The molecule has 0 bridgehead atoms. The Bertz CT molecular complexity index is 643. The summed E-state index contributed by atoms with van der Waals surface area (Å²) in [5.41, 5.74) is -1.42. The molecule has 24 heavy (non-hydrogen) atoms. The maximum Gasteiger partial charge on any atom is 0.340 e. The number of nitrogens with one attached hydrogen (secondary N) is 1. The summed E-state index contributed by atoms with van der Waals surface area (Å²) in [5, 5.41) is 24.1. The molecule has 0 aliphatic carbocycles. The first-order chi connectivity index (χ1) is 11.3. The van der Waals surface area contributed by atoms with Crippen LogP contribution in [0.4, 0.5) is 17.1 Å². The van der Waals surface area contributed by atoms with Crippen molar-refractivity contribution in [1.82, 2.24) is 0 Å². The molecule has 0 amide bonds. The van der Waals surface area contributed by atoms with Crippen LogP contribution >= 0.6 is 0 Å². The van der Waals surface area contributed by atoms with E-state index in [4.69, 9.17) is 9.47 Å². The molecular formula is C13H15N3O8. The number of hydrogen-bond acceptors (Lipinski definition) is 9. The van der Waals surface area contributed by atoms with Gasteiger partial charge in [-0.05, 0) is 19.9 Å². The number of nitro benzene ring substituents is 2. The lowest BCUT2D eigenvalue weighted by Crippen LogP contribution is -2.40. The zero-order valence-electron chi connectivity index (χ0n) is 12.9. The molecule has 1 aromatic carbocycles. The van der Waals surface area contributed by atoms with Gasteiger partial charge < -0.3 is 14.8 Å². The van der Waals surface area contributed by atoms with E-state index in [-0.39, 0.29) is 18.9 Å². The van der Waals surface area contributed by atoms with Crippen LogP contribution in [0.2, 0.25) is 0 Å². The Kier molecular flexibility index (Phi) is 6.59. The van der Waals surface area contributed by atoms with Gasteiger partial charge >= 0.3 is 11.9 Å². The van der Waals surface area contributed by atoms with E-state index in [0.717, 1.165) is 18.2 Å². The summed E-state index contributed by atoms with van der Waals surface area (Å²) in [7, 11) is 0. The maximum absolute atomic E-state index is 11.9. The Hall–Kier alpha value is -3.24. The van der Waals surface area contributed by atoms with Crippen molar-refractivity contribution in [2.45, 2.75) is 19.9 Å². The minimum Gasteiger partial charge on any atom is -0.464 e. The van der Waals surface area contributed by atoms with Crippen molar-refractivity contribution in [2.75, 3.05) is 18.5 Å². The number of hydrogen-bond donors (Lipinski definition) is 1. The van der Waals surface area contributed by atoms with Gasteiger partial charge in [-0.3, -0.25) is 20.2 Å². The number of esters is 2. The monoisotopic (exact) mass is 341 g/mol. The predicted octanol–water partition coefficient (Wildman–Crippen LogP) is 1.41. The Morgan fingerprint density at radius 1 is 1.08 bits per heavy atom. The van der Waals surface area contributed by atoms with Gasteiger partial charge in [-0.1, -0.05) is 0 Å². The van der Waals surface area contributed by atoms with Crippen LogP contribution in [0.15, 0.2) is 18.2 Å². The normalized spacial score (nSPS) is 10.1. The van der Waals surface area contributed by atoms with E-state index in [9.17, 15) is 29.8 Å². The summed E-state index contributed by atoms with van der Waals surface area (Å²) >= 11 is 0. The molecule has 0 saturated carbocycles. The van der Waals surface area contributed by atoms with E-state index in [2.05, 4.69) is 5.32 Å². The molecule has 0 fully saturated rings. The highest BCUT2D eigenvalue weighted by molar-refractivity contribution is 6.02. The Balaban J connectivity index is 3.21. The van der Waals surface area contributed by atoms with Crippen LogP contribution in [0, 0.1) is 20.2 Å². The van der Waals surface area contributed by atoms with E-state index < -0.39 is 39.2 Å². The molecule has 1 rings (SSSR count). The van der Waals surface area contributed by atoms with Crippen molar-refractivity contribution in [3.63, 3.8) is 0 Å². The van der Waals surface area contributed by atoms with Crippen molar-refractivity contribution in [2.24, 2.45) is 0 Å². The zero-order valence-corrected chi connectivity index (χ0v) is 12.9. The molecular weight excluding hydrogens is 326 g/mol. The van der Waals surface area contributed by atoms with Crippen LogP contribution in [0.3, 0.4) is 0 Å². The Labute approximate surface area is 135 Å². The zero-order chi connectivity index (χ0) is 18.3. The van der Waals surface area contributed by atoms with Crippen molar-refractivity contribution >= 4 is 29.0 Å². The summed E-state index contributed by atoms with van der Waals surface area (Å²) in [6.45, 7) is 3.01. The number of carbonyl (C=O) groups excluding carboxylic acids is 2. The topological polar surface area (TPSA) is 151 Å². The van der Waals surface area contributed by atoms with Crippen molar-refractivity contribution in [1.29, 1.82) is 0 Å². The number of anilines is 1. The number of benzene rings is 1. The summed E-state index contributed by atoms with van der Waals surface area (Å²) in [6.07, 6.45) is 0. The number of carbonyl (C=O) groups is 2. The molecule has 0 radical (unpaired) electrons. The van der Waals surface area contributed by atoms with Gasteiger partial charge in [-0.2, -0.15) is 0 Å². The van der Waals surface area contributed by atoms with Gasteiger partial charge in [-0.25, -0.2) is 9.59 Å². The highest BCUT2D eigenvalue weighted by Gasteiger charge is 2.32. The second kappa shape index (κ2) is 8.41. The SMILES string of the molecule is CCOC(=O)C(Nc1ccc([N+](=O)[O-])cc1[N+](=O)[O-])C(=O)OCC. The molecule has 0 aromatic heterocycles. The van der Waals surface area contributed by atoms with Crippen LogP contribution in [-0.4, -0.2) is 41.0 Å². The van der Waals surface area contributed by atoms with Crippen molar-refractivity contribution < 1.29 is 28.9 Å². The Morgan fingerprint density at radius 3 is 2.04 bits per heavy atom. The van der Waals surface area contributed by atoms with Crippen LogP contribution in [0.5, 0.6) is 0 Å². The average molecular weight is 341 g/mol. The van der Waals surface area contributed by atoms with Crippen molar-refractivity contribution in [3.8, 4) is 0 Å². The van der Waals surface area contributed by atoms with Gasteiger partial charge in [0.05, 0.1) is 29.1 Å². The van der Waals surface area contributed by atoms with E-state index in [1.54, 1.807) is 0 Å². The largest absolute Gasteiger partial charge is 0.464 e. The Morgan fingerprint density at radius 2 is 1.62 bits per heavy atom. The fourth-order valence-electron chi connectivity index (χ4n) is 1.73. The van der Waals surface area contributed by atoms with Gasteiger partial charge in [0.1, 0.15) is 5.69 Å². The molecule has 11 nitrogen and oxygen atoms in total. The second-order valence-corrected chi connectivity index (χ2v) is 4.30. The number of ether oxygens (including phenoxy) is 2. The first-order valence-corrected chi connectivity index (χ1v) is 6.84. The molecule has 0 spiro atoms. The third kappa shape index (κ3) is 4.63. The molecule has 1 N–H and O–H groups in total. The third-order valence-corrected chi connectivity index (χ3v) is 2.73. The number of rotatable bonds is 8. The molecule has 11 heteroatoms. The van der Waals surface area contributed by atoms with E-state index in [0.29, 0.717) is 0 Å². The standard InChI is InChI=1S/C13H15N3O8/c1-3-23-12(17)11(13(18)24-4-2)14-9-6-5-8(15(19)20)7-10(9)16(21)22/h5-7,11,14H,3-4H2,1-2H3. The molecule has 0 unspecified atom stereocenters. The third-order valence-electron chi connectivity index (χ3n) is 2.73. The van der Waals surface area contributed by atoms with Crippen LogP contribution in [0.1, 0.15) is 13.8 Å². The van der Waals surface area contributed by atoms with Gasteiger partial charge in [0.15, 0.2) is 0 Å². The molecule has 0 aliphatic heterocycles. The minimum atomic E-state index is -1.63. The number of nitrogens with zero attached hydrogens (tertiary/aromatic N) is 2. The highest BCUT2D eigenvalue weighted by Crippen LogP contribution is 2.29. The van der Waals surface area contributed by atoms with Gasteiger partial charge in [0.2, 0.25) is 6.04 Å². The van der Waals surface area contributed by atoms with Crippen LogP contribution in [-0.2, 0) is 19.1 Å². The average Bonchev–Trinajstić information content (AvgIpc) is 2.52. The molecule has 0 saturated heterocycles. The summed E-state index contributed by atoms with van der Waals surface area (Å²) < 4.78 is 9.45. The lowest BCUT2D eigenvalue weighted by molar-refractivity contribution is -0.393.